The highest BCUT2D eigenvalue weighted by Gasteiger charge is 2.50. The summed E-state index contributed by atoms with van der Waals surface area (Å²) >= 11 is 0. The maximum absolute atomic E-state index is 11.3. The number of carbonyl (C=O) groups is 1. The molecule has 2 fully saturated rings. The molecule has 1 heterocycles. The summed E-state index contributed by atoms with van der Waals surface area (Å²) in [5.41, 5.74) is -0.480. The average Bonchev–Trinajstić information content (AvgIpc) is 2.52. The summed E-state index contributed by atoms with van der Waals surface area (Å²) in [6.07, 6.45) is 5.07. The van der Waals surface area contributed by atoms with Crippen LogP contribution in [0, 0.1) is 5.92 Å². The van der Waals surface area contributed by atoms with Crippen LogP contribution in [0.3, 0.4) is 0 Å². The van der Waals surface area contributed by atoms with Crippen LogP contribution < -0.4 is 0 Å². The van der Waals surface area contributed by atoms with E-state index in [1.165, 1.54) is 6.42 Å². The van der Waals surface area contributed by atoms with Crippen LogP contribution >= 0.6 is 0 Å². The lowest BCUT2D eigenvalue weighted by Gasteiger charge is -2.48. The van der Waals surface area contributed by atoms with Gasteiger partial charge in [-0.1, -0.05) is 26.2 Å². The predicted molar refractivity (Wildman–Crippen MR) is 54.2 cm³/mol. The summed E-state index contributed by atoms with van der Waals surface area (Å²) in [4.78, 5) is 13.5. The number of rotatable bonds is 3. The lowest BCUT2D eigenvalue weighted by Crippen LogP contribution is -2.62. The number of likely N-dealkylation sites (tertiary alicyclic amines) is 1. The lowest BCUT2D eigenvalue weighted by molar-refractivity contribution is -0.157. The second kappa shape index (κ2) is 3.54. The molecule has 2 aliphatic rings. The first-order valence-corrected chi connectivity index (χ1v) is 5.67. The van der Waals surface area contributed by atoms with Crippen molar-refractivity contribution < 1.29 is 9.90 Å². The standard InChI is InChI=1S/C11H19NO2/c1-2-9-7-12(8-9)11(10(13)14)5-3-4-6-11/h9H,2-8H2,1H3,(H,13,14). The van der Waals surface area contributed by atoms with Crippen LogP contribution in [-0.4, -0.2) is 34.6 Å². The predicted octanol–water partition coefficient (Wildman–Crippen LogP) is 1.73. The Hall–Kier alpha value is -0.570. The van der Waals surface area contributed by atoms with Crippen molar-refractivity contribution in [1.82, 2.24) is 4.90 Å². The molecule has 1 N–H and O–H groups in total. The molecule has 0 radical (unpaired) electrons. The molecule has 0 aromatic rings. The zero-order valence-corrected chi connectivity index (χ0v) is 8.83. The minimum absolute atomic E-state index is 0.480. The molecule has 1 saturated carbocycles. The molecule has 3 heteroatoms. The minimum Gasteiger partial charge on any atom is -0.480 e. The zero-order chi connectivity index (χ0) is 10.2. The van der Waals surface area contributed by atoms with E-state index in [2.05, 4.69) is 11.8 Å². The molecular formula is C11H19NO2. The molecule has 14 heavy (non-hydrogen) atoms. The number of hydrogen-bond donors (Lipinski definition) is 1. The van der Waals surface area contributed by atoms with Crippen LogP contribution in [0.5, 0.6) is 0 Å². The first-order chi connectivity index (χ1) is 6.69. The summed E-state index contributed by atoms with van der Waals surface area (Å²) in [6, 6.07) is 0. The van der Waals surface area contributed by atoms with Crippen LogP contribution in [0.2, 0.25) is 0 Å². The molecule has 80 valence electrons. The molecule has 0 atom stereocenters. The molecule has 1 aliphatic carbocycles. The van der Waals surface area contributed by atoms with E-state index >= 15 is 0 Å². The molecule has 0 bridgehead atoms. The van der Waals surface area contributed by atoms with Crippen molar-refractivity contribution in [3.8, 4) is 0 Å². The van der Waals surface area contributed by atoms with Gasteiger partial charge in [-0.05, 0) is 18.8 Å². The van der Waals surface area contributed by atoms with Gasteiger partial charge in [0.15, 0.2) is 0 Å². The molecule has 1 aliphatic heterocycles. The third kappa shape index (κ3) is 1.34. The number of carboxylic acid groups (broad SMARTS) is 1. The van der Waals surface area contributed by atoms with E-state index < -0.39 is 11.5 Å². The van der Waals surface area contributed by atoms with Gasteiger partial charge >= 0.3 is 5.97 Å². The molecule has 3 nitrogen and oxygen atoms in total. The molecule has 0 spiro atoms. The van der Waals surface area contributed by atoms with Crippen LogP contribution in [0.4, 0.5) is 0 Å². The average molecular weight is 197 g/mol. The summed E-state index contributed by atoms with van der Waals surface area (Å²) in [7, 11) is 0. The SMILES string of the molecule is CCC1CN(C2(C(=O)O)CCCC2)C1. The molecule has 1 saturated heterocycles. The van der Waals surface area contributed by atoms with E-state index in [-0.39, 0.29) is 0 Å². The highest BCUT2D eigenvalue weighted by atomic mass is 16.4. The van der Waals surface area contributed by atoms with Crippen molar-refractivity contribution >= 4 is 5.97 Å². The van der Waals surface area contributed by atoms with Crippen LogP contribution in [0.15, 0.2) is 0 Å². The number of aliphatic carboxylic acids is 1. The Morgan fingerprint density at radius 1 is 1.43 bits per heavy atom. The molecule has 2 rings (SSSR count). The summed E-state index contributed by atoms with van der Waals surface area (Å²) in [5, 5.41) is 9.32. The van der Waals surface area contributed by atoms with Gasteiger partial charge in [0.1, 0.15) is 5.54 Å². The lowest BCUT2D eigenvalue weighted by atomic mass is 9.86. The Bertz CT molecular complexity index is 227. The van der Waals surface area contributed by atoms with Crippen molar-refractivity contribution in [2.24, 2.45) is 5.92 Å². The van der Waals surface area contributed by atoms with E-state index in [1.54, 1.807) is 0 Å². The maximum Gasteiger partial charge on any atom is 0.324 e. The van der Waals surface area contributed by atoms with Crippen molar-refractivity contribution in [3.63, 3.8) is 0 Å². The molecular weight excluding hydrogens is 178 g/mol. The van der Waals surface area contributed by atoms with Gasteiger partial charge in [-0.25, -0.2) is 0 Å². The fourth-order valence-electron chi connectivity index (χ4n) is 2.80. The van der Waals surface area contributed by atoms with E-state index in [1.807, 2.05) is 0 Å². The van der Waals surface area contributed by atoms with Gasteiger partial charge in [-0.2, -0.15) is 0 Å². The third-order valence-electron chi connectivity index (χ3n) is 3.97. The van der Waals surface area contributed by atoms with Crippen molar-refractivity contribution in [1.29, 1.82) is 0 Å². The summed E-state index contributed by atoms with van der Waals surface area (Å²) in [5.74, 6) is 0.149. The number of hydrogen-bond acceptors (Lipinski definition) is 2. The second-order valence-electron chi connectivity index (χ2n) is 4.72. The van der Waals surface area contributed by atoms with Crippen LogP contribution in [0.1, 0.15) is 39.0 Å². The Kier molecular flexibility index (Phi) is 2.52. The Morgan fingerprint density at radius 3 is 2.43 bits per heavy atom. The van der Waals surface area contributed by atoms with Gasteiger partial charge in [0.25, 0.3) is 0 Å². The van der Waals surface area contributed by atoms with Crippen LogP contribution in [0.25, 0.3) is 0 Å². The molecule has 0 amide bonds. The molecule has 0 unspecified atom stereocenters. The third-order valence-corrected chi connectivity index (χ3v) is 3.97. The first kappa shape index (κ1) is 9.97. The van der Waals surface area contributed by atoms with Gasteiger partial charge in [-0.15, -0.1) is 0 Å². The van der Waals surface area contributed by atoms with Gasteiger partial charge in [0.2, 0.25) is 0 Å². The first-order valence-electron chi connectivity index (χ1n) is 5.67. The number of carboxylic acids is 1. The minimum atomic E-state index is -0.593. The smallest absolute Gasteiger partial charge is 0.324 e. The van der Waals surface area contributed by atoms with E-state index in [9.17, 15) is 9.90 Å². The normalized spacial score (nSPS) is 27.5. The zero-order valence-electron chi connectivity index (χ0n) is 8.83. The van der Waals surface area contributed by atoms with E-state index in [0.717, 1.165) is 44.7 Å². The maximum atomic E-state index is 11.3. The van der Waals surface area contributed by atoms with Crippen molar-refractivity contribution in [3.05, 3.63) is 0 Å². The Labute approximate surface area is 85.1 Å². The van der Waals surface area contributed by atoms with Crippen LogP contribution in [-0.2, 0) is 4.79 Å². The Balaban J connectivity index is 2.02. The van der Waals surface area contributed by atoms with Crippen molar-refractivity contribution in [2.45, 2.75) is 44.6 Å². The molecule has 0 aromatic carbocycles. The van der Waals surface area contributed by atoms with Gasteiger partial charge in [0, 0.05) is 13.1 Å². The highest BCUT2D eigenvalue weighted by Crippen LogP contribution is 2.40. The fraction of sp³-hybridized carbons (Fsp3) is 0.909. The van der Waals surface area contributed by atoms with Crippen molar-refractivity contribution in [2.75, 3.05) is 13.1 Å². The van der Waals surface area contributed by atoms with Gasteiger partial charge in [0.05, 0.1) is 0 Å². The van der Waals surface area contributed by atoms with E-state index in [0.29, 0.717) is 0 Å². The molecule has 0 aromatic heterocycles. The largest absolute Gasteiger partial charge is 0.480 e. The summed E-state index contributed by atoms with van der Waals surface area (Å²) in [6.45, 7) is 4.19. The fourth-order valence-corrected chi connectivity index (χ4v) is 2.80. The highest BCUT2D eigenvalue weighted by molar-refractivity contribution is 5.79. The van der Waals surface area contributed by atoms with E-state index in [4.69, 9.17) is 0 Å². The van der Waals surface area contributed by atoms with Gasteiger partial charge < -0.3 is 5.11 Å². The monoisotopic (exact) mass is 197 g/mol. The number of nitrogens with zero attached hydrogens (tertiary/aromatic N) is 1. The quantitative estimate of drug-likeness (QED) is 0.749. The Morgan fingerprint density at radius 2 is 2.00 bits per heavy atom. The second-order valence-corrected chi connectivity index (χ2v) is 4.72. The summed E-state index contributed by atoms with van der Waals surface area (Å²) < 4.78 is 0. The van der Waals surface area contributed by atoms with Gasteiger partial charge in [-0.3, -0.25) is 9.69 Å². The topological polar surface area (TPSA) is 40.5 Å².